The van der Waals surface area contributed by atoms with Crippen LogP contribution >= 0.6 is 11.3 Å². The van der Waals surface area contributed by atoms with Crippen molar-refractivity contribution in [3.8, 4) is 45.3 Å². The Balaban J connectivity index is 1.13. The standard InChI is InChI=1S/C55H31N3S/c1-2-10-32(11-3-1)33-22-27-37(28-23-33)53-56-54(58-55(57-53)45-20-9-19-44-40-15-4-5-21-47(40)59-52(44)45)39-30-38-29-26-36-13-7-17-42-41-16-6-12-34-24-25-35-14-8-18-43(50(35)48(34)41)46(31-39)51(38)49(36)42/h1-31H. The van der Waals surface area contributed by atoms with Gasteiger partial charge in [0.2, 0.25) is 0 Å². The Morgan fingerprint density at radius 3 is 1.47 bits per heavy atom. The Bertz CT molecular complexity index is 3820. The fourth-order valence-electron chi connectivity index (χ4n) is 9.53. The summed E-state index contributed by atoms with van der Waals surface area (Å²) in [5.74, 6) is 1.96. The van der Waals surface area contributed by atoms with Gasteiger partial charge in [-0.2, -0.15) is 0 Å². The average Bonchev–Trinajstić information content (AvgIpc) is 3.69. The zero-order chi connectivity index (χ0) is 38.6. The molecule has 0 atom stereocenters. The summed E-state index contributed by atoms with van der Waals surface area (Å²) < 4.78 is 2.42. The molecule has 272 valence electrons. The number of benzene rings is 10. The Hall–Kier alpha value is -7.53. The van der Waals surface area contributed by atoms with Crippen molar-refractivity contribution in [1.29, 1.82) is 0 Å². The Labute approximate surface area is 342 Å². The smallest absolute Gasteiger partial charge is 0.165 e. The largest absolute Gasteiger partial charge is 0.208 e. The van der Waals surface area contributed by atoms with E-state index in [1.165, 1.54) is 85.0 Å². The van der Waals surface area contributed by atoms with Crippen LogP contribution in [0.5, 0.6) is 0 Å². The van der Waals surface area contributed by atoms with E-state index >= 15 is 0 Å². The molecule has 0 saturated heterocycles. The van der Waals surface area contributed by atoms with Crippen molar-refractivity contribution in [3.63, 3.8) is 0 Å². The van der Waals surface area contributed by atoms with Gasteiger partial charge in [0.05, 0.1) is 0 Å². The van der Waals surface area contributed by atoms with Crippen LogP contribution in [0.2, 0.25) is 0 Å². The SMILES string of the molecule is c1ccc(-c2ccc(-c3nc(-c4cc5ccc6cccc7c8cccc9ccc%10cccc(c(c4)c5c67)c%10c98)nc(-c4cccc5c4sc4ccccc45)n3)cc2)cc1. The quantitative estimate of drug-likeness (QED) is 0.168. The van der Waals surface area contributed by atoms with Gasteiger partial charge in [0.1, 0.15) is 0 Å². The molecule has 59 heavy (non-hydrogen) atoms. The molecule has 0 bridgehead atoms. The number of hydrogen-bond acceptors (Lipinski definition) is 4. The van der Waals surface area contributed by atoms with Gasteiger partial charge in [0.25, 0.3) is 0 Å². The van der Waals surface area contributed by atoms with Gasteiger partial charge in [0.15, 0.2) is 17.5 Å². The minimum Gasteiger partial charge on any atom is -0.208 e. The van der Waals surface area contributed by atoms with E-state index in [9.17, 15) is 0 Å². The van der Waals surface area contributed by atoms with Gasteiger partial charge < -0.3 is 0 Å². The number of aromatic nitrogens is 3. The summed E-state index contributed by atoms with van der Waals surface area (Å²) in [6.45, 7) is 0. The Kier molecular flexibility index (Phi) is 6.89. The molecule has 0 saturated carbocycles. The molecule has 0 aliphatic rings. The lowest BCUT2D eigenvalue weighted by molar-refractivity contribution is 1.08. The van der Waals surface area contributed by atoms with Gasteiger partial charge in [0, 0.05) is 36.9 Å². The predicted octanol–water partition coefficient (Wildman–Crippen LogP) is 15.3. The van der Waals surface area contributed by atoms with Crippen LogP contribution in [0, 0.1) is 0 Å². The zero-order valence-corrected chi connectivity index (χ0v) is 32.5. The minimum atomic E-state index is 0.645. The van der Waals surface area contributed by atoms with Crippen LogP contribution in [0.1, 0.15) is 0 Å². The molecule has 0 radical (unpaired) electrons. The van der Waals surface area contributed by atoms with E-state index in [0.717, 1.165) is 27.6 Å². The minimum absolute atomic E-state index is 0.645. The van der Waals surface area contributed by atoms with Gasteiger partial charge in [-0.3, -0.25) is 0 Å². The van der Waals surface area contributed by atoms with Gasteiger partial charge in [-0.15, -0.1) is 11.3 Å². The van der Waals surface area contributed by atoms with E-state index in [-0.39, 0.29) is 0 Å². The fourth-order valence-corrected chi connectivity index (χ4v) is 10.7. The van der Waals surface area contributed by atoms with E-state index in [4.69, 9.17) is 15.0 Å². The molecule has 0 aliphatic carbocycles. The lowest BCUT2D eigenvalue weighted by Crippen LogP contribution is -2.00. The molecule has 13 rings (SSSR count). The van der Waals surface area contributed by atoms with Crippen molar-refractivity contribution in [3.05, 3.63) is 188 Å². The number of nitrogens with zero attached hydrogens (tertiary/aromatic N) is 3. The maximum Gasteiger partial charge on any atom is 0.165 e. The topological polar surface area (TPSA) is 38.7 Å². The molecule has 0 N–H and O–H groups in total. The Morgan fingerprint density at radius 1 is 0.288 bits per heavy atom. The van der Waals surface area contributed by atoms with E-state index in [1.807, 2.05) is 6.07 Å². The van der Waals surface area contributed by atoms with Crippen molar-refractivity contribution in [2.45, 2.75) is 0 Å². The van der Waals surface area contributed by atoms with Crippen LogP contribution in [-0.4, -0.2) is 15.0 Å². The number of rotatable bonds is 4. The van der Waals surface area contributed by atoms with E-state index in [1.54, 1.807) is 11.3 Å². The van der Waals surface area contributed by atoms with Crippen LogP contribution in [0.3, 0.4) is 0 Å². The monoisotopic (exact) mass is 765 g/mol. The van der Waals surface area contributed by atoms with Crippen molar-refractivity contribution in [2.75, 3.05) is 0 Å². The molecule has 4 heteroatoms. The van der Waals surface area contributed by atoms with Crippen molar-refractivity contribution < 1.29 is 0 Å². The van der Waals surface area contributed by atoms with Crippen molar-refractivity contribution in [1.82, 2.24) is 15.0 Å². The third-order valence-electron chi connectivity index (χ3n) is 12.2. The van der Waals surface area contributed by atoms with E-state index < -0.39 is 0 Å². The van der Waals surface area contributed by atoms with Gasteiger partial charge >= 0.3 is 0 Å². The molecule has 13 aromatic rings. The lowest BCUT2D eigenvalue weighted by atomic mass is 9.87. The first-order valence-corrected chi connectivity index (χ1v) is 20.8. The molecule has 0 unspecified atom stereocenters. The molecule has 3 nitrogen and oxygen atoms in total. The average molecular weight is 766 g/mol. The molecular formula is C55H31N3S. The summed E-state index contributed by atoms with van der Waals surface area (Å²) in [5, 5.41) is 17.4. The lowest BCUT2D eigenvalue weighted by Gasteiger charge is -2.17. The molecule has 0 fully saturated rings. The number of thiophene rings is 1. The van der Waals surface area contributed by atoms with Crippen molar-refractivity contribution in [2.24, 2.45) is 0 Å². The highest BCUT2D eigenvalue weighted by Crippen LogP contribution is 2.45. The molecule has 0 amide bonds. The summed E-state index contributed by atoms with van der Waals surface area (Å²) in [6.07, 6.45) is 0. The molecular weight excluding hydrogens is 735 g/mol. The van der Waals surface area contributed by atoms with Gasteiger partial charge in [-0.25, -0.2) is 15.0 Å². The second kappa shape index (κ2) is 12.5. The normalized spacial score (nSPS) is 12.1. The van der Waals surface area contributed by atoms with Crippen LogP contribution in [0.15, 0.2) is 188 Å². The zero-order valence-electron chi connectivity index (χ0n) is 31.6. The molecule has 11 aromatic carbocycles. The van der Waals surface area contributed by atoms with E-state index in [2.05, 4.69) is 182 Å². The summed E-state index contributed by atoms with van der Waals surface area (Å²) >= 11 is 1.79. The maximum absolute atomic E-state index is 5.39. The summed E-state index contributed by atoms with van der Waals surface area (Å²) in [5.41, 5.74) is 5.23. The molecule has 2 aromatic heterocycles. The maximum atomic E-state index is 5.39. The second-order valence-corrected chi connectivity index (χ2v) is 16.5. The number of fused-ring (bicyclic) bond motifs is 5. The van der Waals surface area contributed by atoms with Crippen LogP contribution in [0.4, 0.5) is 0 Å². The summed E-state index contributed by atoms with van der Waals surface area (Å²) in [7, 11) is 0. The summed E-state index contributed by atoms with van der Waals surface area (Å²) in [6, 6.07) is 68.1. The first-order valence-electron chi connectivity index (χ1n) is 20.0. The van der Waals surface area contributed by atoms with E-state index in [0.29, 0.717) is 17.5 Å². The highest BCUT2D eigenvalue weighted by Gasteiger charge is 2.20. The van der Waals surface area contributed by atoms with Crippen LogP contribution in [0.25, 0.3) is 130 Å². The van der Waals surface area contributed by atoms with Crippen LogP contribution in [-0.2, 0) is 0 Å². The predicted molar refractivity (Wildman–Crippen MR) is 251 cm³/mol. The second-order valence-electron chi connectivity index (χ2n) is 15.5. The first kappa shape index (κ1) is 32.5. The van der Waals surface area contributed by atoms with Gasteiger partial charge in [-0.1, -0.05) is 164 Å². The summed E-state index contributed by atoms with van der Waals surface area (Å²) in [4.78, 5) is 16.0. The van der Waals surface area contributed by atoms with Crippen molar-refractivity contribution >= 4 is 96.1 Å². The molecule has 0 spiro atoms. The number of hydrogen-bond donors (Lipinski definition) is 0. The third kappa shape index (κ3) is 4.91. The molecule has 0 aliphatic heterocycles. The van der Waals surface area contributed by atoms with Crippen LogP contribution < -0.4 is 0 Å². The Morgan fingerprint density at radius 2 is 0.780 bits per heavy atom. The third-order valence-corrected chi connectivity index (χ3v) is 13.4. The molecule has 2 heterocycles. The first-order chi connectivity index (χ1) is 29.2. The van der Waals surface area contributed by atoms with Gasteiger partial charge in [-0.05, 0) is 100 Å². The highest BCUT2D eigenvalue weighted by molar-refractivity contribution is 7.26. The highest BCUT2D eigenvalue weighted by atomic mass is 32.1. The fraction of sp³-hybridized carbons (Fsp3) is 0.